The Kier molecular flexibility index (Phi) is 10.6. The van der Waals surface area contributed by atoms with Crippen molar-refractivity contribution >= 4 is 23.1 Å². The summed E-state index contributed by atoms with van der Waals surface area (Å²) in [6, 6.07) is 39.8. The summed E-state index contributed by atoms with van der Waals surface area (Å²) in [5.41, 5.74) is 10.6. The molecule has 0 amide bonds. The maximum Gasteiger partial charge on any atom is 0.341 e. The van der Waals surface area contributed by atoms with Crippen molar-refractivity contribution in [2.45, 2.75) is 39.5 Å². The normalized spacial score (nSPS) is 11.0. The van der Waals surface area contributed by atoms with Crippen LogP contribution in [0.5, 0.6) is 11.5 Å². The highest BCUT2D eigenvalue weighted by Crippen LogP contribution is 2.32. The van der Waals surface area contributed by atoms with Crippen LogP contribution in [0, 0.1) is 0 Å². The Morgan fingerprint density at radius 1 is 0.652 bits per heavy atom. The zero-order valence-electron chi connectivity index (χ0n) is 26.7. The number of rotatable bonds is 12. The van der Waals surface area contributed by atoms with Gasteiger partial charge in [0.15, 0.2) is 6.61 Å². The molecule has 0 aromatic heterocycles. The van der Waals surface area contributed by atoms with Gasteiger partial charge in [0.05, 0.1) is 5.02 Å². The van der Waals surface area contributed by atoms with Gasteiger partial charge in [-0.3, -0.25) is 0 Å². The molecule has 0 bridgehead atoms. The SMILES string of the molecule is CC(C)c1ccc(-c2ccc(C(=CCOc3ccc(OCC(=O)O)c(Cl)c3)c3ccc(-c4ccc(C(C)C)cc4)cc3)cc2)cc1. The number of hydrogen-bond donors (Lipinski definition) is 1. The number of halogens is 1. The predicted octanol–water partition coefficient (Wildman–Crippen LogP) is 10.9. The molecule has 0 aliphatic carbocycles. The van der Waals surface area contributed by atoms with E-state index in [2.05, 4.69) is 131 Å². The van der Waals surface area contributed by atoms with Crippen molar-refractivity contribution in [1.82, 2.24) is 0 Å². The number of carboxylic acids is 1. The number of benzene rings is 5. The van der Waals surface area contributed by atoms with Crippen molar-refractivity contribution in [3.63, 3.8) is 0 Å². The molecular weight excluding hydrogens is 592 g/mol. The fourth-order valence-corrected chi connectivity index (χ4v) is 5.48. The van der Waals surface area contributed by atoms with Crippen molar-refractivity contribution in [3.8, 4) is 33.8 Å². The third kappa shape index (κ3) is 8.26. The lowest BCUT2D eigenvalue weighted by Gasteiger charge is -2.13. The predicted molar refractivity (Wildman–Crippen MR) is 189 cm³/mol. The Morgan fingerprint density at radius 2 is 1.09 bits per heavy atom. The van der Waals surface area contributed by atoms with E-state index in [4.69, 9.17) is 26.2 Å². The Labute approximate surface area is 276 Å². The van der Waals surface area contributed by atoms with Crippen LogP contribution in [0.3, 0.4) is 0 Å². The first-order chi connectivity index (χ1) is 22.2. The standard InChI is InChI=1S/C41H39ClO4/c1-27(2)29-5-9-31(10-6-29)33-13-17-35(18-14-33)38(23-24-45-37-21-22-40(39(42)25-37)46-26-41(43)44)36-19-15-34(16-20-36)32-11-7-30(8-12-32)28(3)4/h5-23,25,27-28H,24,26H2,1-4H3,(H,43,44). The monoisotopic (exact) mass is 630 g/mol. The molecule has 4 nitrogen and oxygen atoms in total. The molecule has 0 saturated heterocycles. The molecule has 0 heterocycles. The number of carboxylic acid groups (broad SMARTS) is 1. The van der Waals surface area contributed by atoms with Crippen LogP contribution in [0.1, 0.15) is 61.8 Å². The smallest absolute Gasteiger partial charge is 0.341 e. The summed E-state index contributed by atoms with van der Waals surface area (Å²) in [6.07, 6.45) is 2.07. The quantitative estimate of drug-likeness (QED) is 0.149. The highest BCUT2D eigenvalue weighted by Gasteiger charge is 2.10. The van der Waals surface area contributed by atoms with E-state index in [1.807, 2.05) is 0 Å². The molecule has 5 heteroatoms. The molecule has 0 aliphatic rings. The van der Waals surface area contributed by atoms with Crippen LogP contribution in [0.4, 0.5) is 0 Å². The number of hydrogen-bond acceptors (Lipinski definition) is 3. The van der Waals surface area contributed by atoms with Crippen LogP contribution in [-0.4, -0.2) is 24.3 Å². The first kappa shape index (κ1) is 32.6. The van der Waals surface area contributed by atoms with Crippen molar-refractivity contribution in [3.05, 3.63) is 149 Å². The second kappa shape index (κ2) is 15.0. The minimum absolute atomic E-state index is 0.289. The summed E-state index contributed by atoms with van der Waals surface area (Å²) in [7, 11) is 0. The van der Waals surface area contributed by atoms with Gasteiger partial charge in [0.2, 0.25) is 0 Å². The molecule has 0 saturated carbocycles. The van der Waals surface area contributed by atoms with E-state index in [9.17, 15) is 4.79 Å². The summed E-state index contributed by atoms with van der Waals surface area (Å²) in [5, 5.41) is 9.17. The Balaban J connectivity index is 1.40. The zero-order valence-corrected chi connectivity index (χ0v) is 27.4. The first-order valence-corrected chi connectivity index (χ1v) is 15.9. The summed E-state index contributed by atoms with van der Waals surface area (Å²) in [4.78, 5) is 10.8. The van der Waals surface area contributed by atoms with Gasteiger partial charge in [-0.2, -0.15) is 0 Å². The van der Waals surface area contributed by atoms with E-state index in [1.54, 1.807) is 18.2 Å². The Bertz CT molecular complexity index is 1690. The Morgan fingerprint density at radius 3 is 1.48 bits per heavy atom. The molecule has 234 valence electrons. The molecule has 46 heavy (non-hydrogen) atoms. The summed E-state index contributed by atoms with van der Waals surface area (Å²) in [5.74, 6) is 0.782. The van der Waals surface area contributed by atoms with Crippen LogP contribution in [0.15, 0.2) is 121 Å². The highest BCUT2D eigenvalue weighted by atomic mass is 35.5. The van der Waals surface area contributed by atoms with Crippen molar-refractivity contribution in [2.24, 2.45) is 0 Å². The minimum atomic E-state index is -1.07. The average molecular weight is 631 g/mol. The largest absolute Gasteiger partial charge is 0.489 e. The Hall–Kier alpha value is -4.80. The first-order valence-electron chi connectivity index (χ1n) is 15.6. The fourth-order valence-electron chi connectivity index (χ4n) is 5.26. The van der Waals surface area contributed by atoms with Crippen molar-refractivity contribution in [1.29, 1.82) is 0 Å². The van der Waals surface area contributed by atoms with Crippen LogP contribution < -0.4 is 9.47 Å². The van der Waals surface area contributed by atoms with Crippen LogP contribution in [0.25, 0.3) is 27.8 Å². The number of ether oxygens (including phenoxy) is 2. The highest BCUT2D eigenvalue weighted by molar-refractivity contribution is 6.32. The molecule has 0 radical (unpaired) electrons. The third-order valence-electron chi connectivity index (χ3n) is 8.01. The molecule has 0 atom stereocenters. The molecule has 1 N–H and O–H groups in total. The molecule has 5 rings (SSSR count). The average Bonchev–Trinajstić information content (AvgIpc) is 3.06. The molecule has 5 aromatic carbocycles. The van der Waals surface area contributed by atoms with Gasteiger partial charge >= 0.3 is 5.97 Å². The maximum atomic E-state index is 10.8. The fraction of sp³-hybridized carbons (Fsp3) is 0.195. The lowest BCUT2D eigenvalue weighted by Crippen LogP contribution is -2.09. The van der Waals surface area contributed by atoms with Gasteiger partial charge in [0.1, 0.15) is 18.1 Å². The van der Waals surface area contributed by atoms with Gasteiger partial charge in [-0.25, -0.2) is 4.79 Å². The van der Waals surface area contributed by atoms with E-state index >= 15 is 0 Å². The molecule has 0 spiro atoms. The van der Waals surface area contributed by atoms with Crippen LogP contribution in [0.2, 0.25) is 5.02 Å². The minimum Gasteiger partial charge on any atom is -0.489 e. The van der Waals surface area contributed by atoms with Gasteiger partial charge in [0.25, 0.3) is 0 Å². The molecule has 0 fully saturated rings. The summed E-state index contributed by atoms with van der Waals surface area (Å²) in [6.45, 7) is 8.66. The maximum absolute atomic E-state index is 10.8. The lowest BCUT2D eigenvalue weighted by molar-refractivity contribution is -0.139. The van der Waals surface area contributed by atoms with Gasteiger partial charge in [-0.1, -0.05) is 136 Å². The number of aliphatic carboxylic acids is 1. The molecular formula is C41H39ClO4. The van der Waals surface area contributed by atoms with Gasteiger partial charge < -0.3 is 14.6 Å². The van der Waals surface area contributed by atoms with Crippen molar-refractivity contribution in [2.75, 3.05) is 13.2 Å². The zero-order chi connectivity index (χ0) is 32.6. The molecule has 0 unspecified atom stereocenters. The van der Waals surface area contributed by atoms with Crippen LogP contribution >= 0.6 is 11.6 Å². The molecule has 0 aliphatic heterocycles. The van der Waals surface area contributed by atoms with E-state index in [0.29, 0.717) is 29.9 Å². The van der Waals surface area contributed by atoms with E-state index < -0.39 is 12.6 Å². The van der Waals surface area contributed by atoms with Gasteiger partial charge in [-0.15, -0.1) is 0 Å². The van der Waals surface area contributed by atoms with Crippen molar-refractivity contribution < 1.29 is 19.4 Å². The van der Waals surface area contributed by atoms with E-state index in [1.165, 1.54) is 22.3 Å². The second-order valence-corrected chi connectivity index (χ2v) is 12.3. The summed E-state index contributed by atoms with van der Waals surface area (Å²) < 4.78 is 11.3. The topological polar surface area (TPSA) is 55.8 Å². The van der Waals surface area contributed by atoms with Gasteiger partial charge in [-0.05, 0) is 80.1 Å². The third-order valence-corrected chi connectivity index (χ3v) is 8.30. The van der Waals surface area contributed by atoms with E-state index in [-0.39, 0.29) is 5.02 Å². The van der Waals surface area contributed by atoms with Gasteiger partial charge in [0, 0.05) is 6.07 Å². The lowest BCUT2D eigenvalue weighted by atomic mass is 9.93. The molecule has 5 aromatic rings. The van der Waals surface area contributed by atoms with Crippen LogP contribution in [-0.2, 0) is 4.79 Å². The number of carbonyl (C=O) groups is 1. The second-order valence-electron chi connectivity index (χ2n) is 11.9. The van der Waals surface area contributed by atoms with E-state index in [0.717, 1.165) is 27.8 Å². The summed E-state index contributed by atoms with van der Waals surface area (Å²) >= 11 is 6.31.